The van der Waals surface area contributed by atoms with Gasteiger partial charge in [-0.05, 0) is 26.7 Å². The van der Waals surface area contributed by atoms with Gasteiger partial charge < -0.3 is 5.11 Å². The smallest absolute Gasteiger partial charge is 0.328 e. The molecular formula is C16H24ClN3O2. The van der Waals surface area contributed by atoms with Crippen LogP contribution >= 0.6 is 11.6 Å². The van der Waals surface area contributed by atoms with Crippen molar-refractivity contribution in [2.75, 3.05) is 27.0 Å². The third-order valence-corrected chi connectivity index (χ3v) is 3.32. The second kappa shape index (κ2) is 11.9. The Morgan fingerprint density at radius 3 is 2.05 bits per heavy atom. The van der Waals surface area contributed by atoms with Crippen molar-refractivity contribution in [2.45, 2.75) is 5.79 Å². The molecule has 6 heteroatoms. The van der Waals surface area contributed by atoms with Gasteiger partial charge in [-0.1, -0.05) is 48.6 Å². The number of halogens is 1. The second-order valence-electron chi connectivity index (χ2n) is 4.26. The van der Waals surface area contributed by atoms with Crippen molar-refractivity contribution in [3.63, 3.8) is 0 Å². The lowest BCUT2D eigenvalue weighted by molar-refractivity contribution is -0.131. The van der Waals surface area contributed by atoms with Crippen LogP contribution in [0.5, 0.6) is 0 Å². The lowest BCUT2D eigenvalue weighted by atomic mass is 10.2. The first-order valence-electron chi connectivity index (χ1n) is 6.79. The molecule has 0 aliphatic heterocycles. The van der Waals surface area contributed by atoms with E-state index in [-0.39, 0.29) is 5.79 Å². The molecule has 0 spiro atoms. The molecular weight excluding hydrogens is 302 g/mol. The molecule has 1 aromatic rings. The Hall–Kier alpha value is -1.66. The minimum absolute atomic E-state index is 0.318. The number of alkyl halides is 1. The average Bonchev–Trinajstić information content (AvgIpc) is 2.56. The standard InChI is InChI=1S/C11H10O2.C5H14ClN3/c12-11(13)9-5-4-8-10-6-2-1-3-7-10;1-7-5(4-6,8-2)9-3/h1-9H,(H,12,13);7-9H,4H2,1-3H3. The summed E-state index contributed by atoms with van der Waals surface area (Å²) in [5, 5.41) is 17.3. The third-order valence-electron chi connectivity index (χ3n) is 2.92. The maximum absolute atomic E-state index is 10.1. The van der Waals surface area contributed by atoms with E-state index in [4.69, 9.17) is 16.7 Å². The minimum Gasteiger partial charge on any atom is -0.478 e. The van der Waals surface area contributed by atoms with E-state index >= 15 is 0 Å². The maximum atomic E-state index is 10.1. The summed E-state index contributed by atoms with van der Waals surface area (Å²) in [5.74, 6) is -0.768. The molecule has 22 heavy (non-hydrogen) atoms. The van der Waals surface area contributed by atoms with Crippen LogP contribution in [0.15, 0.2) is 48.6 Å². The quantitative estimate of drug-likeness (QED) is 0.267. The van der Waals surface area contributed by atoms with Crippen molar-refractivity contribution in [3.05, 3.63) is 54.1 Å². The third kappa shape index (κ3) is 8.59. The minimum atomic E-state index is -0.933. The lowest BCUT2D eigenvalue weighted by Gasteiger charge is -2.30. The van der Waals surface area contributed by atoms with Gasteiger partial charge in [0.25, 0.3) is 0 Å². The van der Waals surface area contributed by atoms with Crippen LogP contribution in [0.2, 0.25) is 0 Å². The van der Waals surface area contributed by atoms with Gasteiger partial charge in [0.2, 0.25) is 0 Å². The number of benzene rings is 1. The molecule has 0 aliphatic rings. The van der Waals surface area contributed by atoms with Gasteiger partial charge in [0.1, 0.15) is 5.79 Å². The number of hydrogen-bond donors (Lipinski definition) is 4. The lowest BCUT2D eigenvalue weighted by Crippen LogP contribution is -2.64. The zero-order valence-corrected chi connectivity index (χ0v) is 13.9. The Morgan fingerprint density at radius 1 is 1.14 bits per heavy atom. The van der Waals surface area contributed by atoms with Crippen molar-refractivity contribution in [1.29, 1.82) is 0 Å². The fourth-order valence-corrected chi connectivity index (χ4v) is 1.85. The van der Waals surface area contributed by atoms with Gasteiger partial charge in [-0.25, -0.2) is 4.79 Å². The molecule has 5 nitrogen and oxygen atoms in total. The van der Waals surface area contributed by atoms with Crippen LogP contribution in [0.25, 0.3) is 6.08 Å². The molecule has 0 heterocycles. The molecule has 0 bridgehead atoms. The number of rotatable bonds is 7. The molecule has 0 saturated heterocycles. The van der Waals surface area contributed by atoms with Gasteiger partial charge in [-0.2, -0.15) is 0 Å². The molecule has 0 aliphatic carbocycles. The summed E-state index contributed by atoms with van der Waals surface area (Å²) in [4.78, 5) is 10.1. The molecule has 0 unspecified atom stereocenters. The largest absolute Gasteiger partial charge is 0.478 e. The summed E-state index contributed by atoms with van der Waals surface area (Å²) >= 11 is 5.64. The fraction of sp³-hybridized carbons (Fsp3) is 0.312. The van der Waals surface area contributed by atoms with E-state index in [1.807, 2.05) is 57.6 Å². The number of aliphatic carboxylic acids is 1. The van der Waals surface area contributed by atoms with Crippen molar-refractivity contribution < 1.29 is 9.90 Å². The van der Waals surface area contributed by atoms with Gasteiger partial charge in [0.05, 0.1) is 5.88 Å². The Labute approximate surface area is 137 Å². The summed E-state index contributed by atoms with van der Waals surface area (Å²) in [6.45, 7) is 0. The molecule has 0 fully saturated rings. The summed E-state index contributed by atoms with van der Waals surface area (Å²) in [5.41, 5.74) is 1.05. The van der Waals surface area contributed by atoms with Crippen LogP contribution < -0.4 is 16.0 Å². The van der Waals surface area contributed by atoms with E-state index in [1.165, 1.54) is 6.08 Å². The summed E-state index contributed by atoms with van der Waals surface area (Å²) in [7, 11) is 5.53. The first-order chi connectivity index (χ1) is 10.5. The highest BCUT2D eigenvalue weighted by Crippen LogP contribution is 2.00. The van der Waals surface area contributed by atoms with Gasteiger partial charge in [-0.15, -0.1) is 11.6 Å². The van der Waals surface area contributed by atoms with Crippen LogP contribution in [0.3, 0.4) is 0 Å². The Bertz CT molecular complexity index is 454. The van der Waals surface area contributed by atoms with Crippen LogP contribution in [0.1, 0.15) is 5.56 Å². The molecule has 0 atom stereocenters. The highest BCUT2D eigenvalue weighted by molar-refractivity contribution is 6.18. The average molecular weight is 326 g/mol. The van der Waals surface area contributed by atoms with Gasteiger partial charge >= 0.3 is 5.97 Å². The molecule has 0 radical (unpaired) electrons. The highest BCUT2D eigenvalue weighted by Gasteiger charge is 2.20. The summed E-state index contributed by atoms with van der Waals surface area (Å²) in [6.07, 6.45) is 6.14. The summed E-state index contributed by atoms with van der Waals surface area (Å²) in [6, 6.07) is 9.70. The first kappa shape index (κ1) is 20.3. The number of carboxylic acids is 1. The number of carbonyl (C=O) groups is 1. The van der Waals surface area contributed by atoms with Crippen LogP contribution in [-0.2, 0) is 4.79 Å². The van der Waals surface area contributed by atoms with E-state index in [0.717, 1.165) is 11.6 Å². The zero-order chi connectivity index (χ0) is 16.8. The van der Waals surface area contributed by atoms with Crippen LogP contribution in [0.4, 0.5) is 0 Å². The summed E-state index contributed by atoms with van der Waals surface area (Å²) < 4.78 is 0. The van der Waals surface area contributed by atoms with E-state index in [1.54, 1.807) is 6.08 Å². The highest BCUT2D eigenvalue weighted by atomic mass is 35.5. The predicted molar refractivity (Wildman–Crippen MR) is 92.9 cm³/mol. The van der Waals surface area contributed by atoms with E-state index in [0.29, 0.717) is 5.88 Å². The molecule has 0 aromatic heterocycles. The maximum Gasteiger partial charge on any atom is 0.328 e. The predicted octanol–water partition coefficient (Wildman–Crippen LogP) is 1.88. The zero-order valence-electron chi connectivity index (χ0n) is 13.1. The Morgan fingerprint density at radius 2 is 1.68 bits per heavy atom. The number of allylic oxidation sites excluding steroid dienone is 2. The Balaban J connectivity index is 0.000000433. The SMILES string of the molecule is CNC(CCl)(NC)NC.O=C(O)C=CC=Cc1ccccc1. The fourth-order valence-electron chi connectivity index (χ4n) is 1.44. The van der Waals surface area contributed by atoms with E-state index in [9.17, 15) is 4.79 Å². The van der Waals surface area contributed by atoms with Crippen molar-refractivity contribution >= 4 is 23.6 Å². The molecule has 0 amide bonds. The monoisotopic (exact) mass is 325 g/mol. The number of nitrogens with one attached hydrogen (secondary N) is 3. The molecule has 1 aromatic carbocycles. The van der Waals surface area contributed by atoms with Crippen molar-refractivity contribution in [2.24, 2.45) is 0 Å². The molecule has 1 rings (SSSR count). The van der Waals surface area contributed by atoms with Crippen molar-refractivity contribution in [3.8, 4) is 0 Å². The van der Waals surface area contributed by atoms with E-state index < -0.39 is 5.97 Å². The second-order valence-corrected chi connectivity index (χ2v) is 4.52. The number of carboxylic acid groups (broad SMARTS) is 1. The molecule has 0 saturated carbocycles. The van der Waals surface area contributed by atoms with Gasteiger partial charge in [0.15, 0.2) is 0 Å². The Kier molecular flexibility index (Phi) is 11.0. The molecule has 4 N–H and O–H groups in total. The van der Waals surface area contributed by atoms with Crippen molar-refractivity contribution in [1.82, 2.24) is 16.0 Å². The van der Waals surface area contributed by atoms with Gasteiger partial charge in [0, 0.05) is 6.08 Å². The van der Waals surface area contributed by atoms with Crippen LogP contribution in [0, 0.1) is 0 Å². The normalized spacial score (nSPS) is 11.5. The van der Waals surface area contributed by atoms with E-state index in [2.05, 4.69) is 16.0 Å². The van der Waals surface area contributed by atoms with Crippen LogP contribution in [-0.4, -0.2) is 43.9 Å². The number of hydrogen-bond acceptors (Lipinski definition) is 4. The van der Waals surface area contributed by atoms with Gasteiger partial charge in [-0.3, -0.25) is 16.0 Å². The topological polar surface area (TPSA) is 73.4 Å². The first-order valence-corrected chi connectivity index (χ1v) is 7.32. The molecule has 122 valence electrons.